The number of ether oxygens (including phenoxy) is 2. The number of fused-ring (bicyclic) bond motifs is 1. The highest BCUT2D eigenvalue weighted by Crippen LogP contribution is 2.32. The summed E-state index contributed by atoms with van der Waals surface area (Å²) in [6, 6.07) is 3.70. The highest BCUT2D eigenvalue weighted by atomic mass is 16.6. The first kappa shape index (κ1) is 15.2. The summed E-state index contributed by atoms with van der Waals surface area (Å²) in [5, 5.41) is 5.45. The van der Waals surface area contributed by atoms with Gasteiger partial charge in [0.1, 0.15) is 11.4 Å². The number of carbonyl (C=O) groups excluding carboxylic acids is 2. The topological polar surface area (TPSA) is 76.7 Å². The molecule has 0 saturated carbocycles. The summed E-state index contributed by atoms with van der Waals surface area (Å²) < 4.78 is 10.6. The van der Waals surface area contributed by atoms with E-state index < -0.39 is 11.7 Å². The first-order valence-corrected chi connectivity index (χ1v) is 6.77. The highest BCUT2D eigenvalue weighted by molar-refractivity contribution is 5.95. The first-order chi connectivity index (χ1) is 9.74. The number of nitrogens with one attached hydrogen (secondary N) is 2. The van der Waals surface area contributed by atoms with Gasteiger partial charge in [0.15, 0.2) is 6.61 Å². The Morgan fingerprint density at radius 2 is 2.14 bits per heavy atom. The number of carbonyl (C=O) groups is 2. The van der Waals surface area contributed by atoms with Crippen molar-refractivity contribution in [2.45, 2.75) is 39.8 Å². The van der Waals surface area contributed by atoms with Crippen LogP contribution in [0.1, 0.15) is 31.9 Å². The molecule has 1 heterocycles. The number of benzene rings is 1. The molecule has 114 valence electrons. The van der Waals surface area contributed by atoms with E-state index in [2.05, 4.69) is 10.6 Å². The second kappa shape index (κ2) is 5.63. The lowest BCUT2D eigenvalue weighted by Crippen LogP contribution is -2.32. The van der Waals surface area contributed by atoms with Crippen LogP contribution in [0.25, 0.3) is 0 Å². The molecule has 1 aliphatic heterocycles. The second-order valence-electron chi connectivity index (χ2n) is 5.98. The average molecular weight is 292 g/mol. The van der Waals surface area contributed by atoms with Gasteiger partial charge in [0, 0.05) is 6.54 Å². The van der Waals surface area contributed by atoms with E-state index in [9.17, 15) is 9.59 Å². The summed E-state index contributed by atoms with van der Waals surface area (Å²) in [7, 11) is 0. The van der Waals surface area contributed by atoms with Crippen LogP contribution in [0, 0.1) is 6.92 Å². The van der Waals surface area contributed by atoms with Crippen molar-refractivity contribution in [1.29, 1.82) is 0 Å². The van der Waals surface area contributed by atoms with E-state index in [-0.39, 0.29) is 12.5 Å². The lowest BCUT2D eigenvalue weighted by atomic mass is 10.1. The Morgan fingerprint density at radius 1 is 1.43 bits per heavy atom. The summed E-state index contributed by atoms with van der Waals surface area (Å²) in [4.78, 5) is 23.0. The van der Waals surface area contributed by atoms with Gasteiger partial charge in [-0.05, 0) is 44.9 Å². The minimum Gasteiger partial charge on any atom is -0.481 e. The molecule has 0 spiro atoms. The molecule has 0 fully saturated rings. The van der Waals surface area contributed by atoms with E-state index in [1.165, 1.54) is 0 Å². The molecule has 0 saturated heterocycles. The number of anilines is 1. The van der Waals surface area contributed by atoms with Crippen LogP contribution in [-0.4, -0.2) is 24.2 Å². The molecule has 0 radical (unpaired) electrons. The summed E-state index contributed by atoms with van der Waals surface area (Å²) in [6.45, 7) is 7.67. The van der Waals surface area contributed by atoms with Crippen molar-refractivity contribution in [2.75, 3.05) is 11.9 Å². The molecule has 6 nitrogen and oxygen atoms in total. The predicted octanol–water partition coefficient (Wildman–Crippen LogP) is 2.35. The number of amides is 2. The Morgan fingerprint density at radius 3 is 2.81 bits per heavy atom. The van der Waals surface area contributed by atoms with Gasteiger partial charge >= 0.3 is 6.09 Å². The Labute approximate surface area is 123 Å². The third-order valence-electron chi connectivity index (χ3n) is 2.79. The SMILES string of the molecule is Cc1cc(CNC(=O)OC(C)(C)C)cc2c1OCC(=O)N2. The van der Waals surface area contributed by atoms with Crippen molar-refractivity contribution >= 4 is 17.7 Å². The van der Waals surface area contributed by atoms with Crippen molar-refractivity contribution in [3.05, 3.63) is 23.3 Å². The summed E-state index contributed by atoms with van der Waals surface area (Å²) in [5.41, 5.74) is 1.88. The number of alkyl carbamates (subject to hydrolysis) is 1. The minimum absolute atomic E-state index is 0.0311. The zero-order valence-corrected chi connectivity index (χ0v) is 12.7. The maximum Gasteiger partial charge on any atom is 0.407 e. The van der Waals surface area contributed by atoms with Crippen molar-refractivity contribution in [3.63, 3.8) is 0 Å². The zero-order valence-electron chi connectivity index (χ0n) is 12.7. The van der Waals surface area contributed by atoms with Gasteiger partial charge in [-0.1, -0.05) is 6.07 Å². The predicted molar refractivity (Wildman–Crippen MR) is 78.4 cm³/mol. The normalized spacial score (nSPS) is 13.8. The fraction of sp³-hybridized carbons (Fsp3) is 0.467. The lowest BCUT2D eigenvalue weighted by Gasteiger charge is -2.22. The molecule has 2 amide bonds. The van der Waals surface area contributed by atoms with Gasteiger partial charge in [-0.15, -0.1) is 0 Å². The fourth-order valence-electron chi connectivity index (χ4n) is 2.05. The molecule has 2 rings (SSSR count). The van der Waals surface area contributed by atoms with Crippen molar-refractivity contribution in [3.8, 4) is 5.75 Å². The van der Waals surface area contributed by atoms with Gasteiger partial charge in [0.2, 0.25) is 0 Å². The molecule has 1 aromatic carbocycles. The highest BCUT2D eigenvalue weighted by Gasteiger charge is 2.19. The maximum absolute atomic E-state index is 11.6. The molecule has 0 aromatic heterocycles. The van der Waals surface area contributed by atoms with E-state index in [0.29, 0.717) is 18.0 Å². The van der Waals surface area contributed by atoms with E-state index in [1.807, 2.05) is 33.8 Å². The Kier molecular flexibility index (Phi) is 4.06. The molecule has 1 aliphatic rings. The molecule has 0 bridgehead atoms. The van der Waals surface area contributed by atoms with Crippen LogP contribution in [0.15, 0.2) is 12.1 Å². The molecule has 6 heteroatoms. The van der Waals surface area contributed by atoms with Gasteiger partial charge in [-0.25, -0.2) is 4.79 Å². The van der Waals surface area contributed by atoms with Crippen molar-refractivity contribution in [2.24, 2.45) is 0 Å². The van der Waals surface area contributed by atoms with Crippen molar-refractivity contribution in [1.82, 2.24) is 5.32 Å². The van der Waals surface area contributed by atoms with Gasteiger partial charge in [-0.2, -0.15) is 0 Å². The number of rotatable bonds is 2. The minimum atomic E-state index is -0.530. The Bertz CT molecular complexity index is 576. The number of hydrogen-bond donors (Lipinski definition) is 2. The molecule has 21 heavy (non-hydrogen) atoms. The van der Waals surface area contributed by atoms with Gasteiger partial charge in [-0.3, -0.25) is 4.79 Å². The molecular formula is C15H20N2O4. The number of aryl methyl sites for hydroxylation is 1. The fourth-order valence-corrected chi connectivity index (χ4v) is 2.05. The summed E-state index contributed by atoms with van der Waals surface area (Å²) in [6.07, 6.45) is -0.474. The molecular weight excluding hydrogens is 272 g/mol. The van der Waals surface area contributed by atoms with Crippen LogP contribution >= 0.6 is 0 Å². The van der Waals surface area contributed by atoms with Crippen molar-refractivity contribution < 1.29 is 19.1 Å². The van der Waals surface area contributed by atoms with Crippen LogP contribution in [0.2, 0.25) is 0 Å². The van der Waals surface area contributed by atoms with Crippen LogP contribution in [0.3, 0.4) is 0 Å². The van der Waals surface area contributed by atoms with E-state index in [4.69, 9.17) is 9.47 Å². The van der Waals surface area contributed by atoms with Crippen LogP contribution in [0.4, 0.5) is 10.5 Å². The molecule has 1 aromatic rings. The number of hydrogen-bond acceptors (Lipinski definition) is 4. The van der Waals surface area contributed by atoms with E-state index >= 15 is 0 Å². The standard InChI is InChI=1S/C15H20N2O4/c1-9-5-10(7-16-14(19)21-15(2,3)4)6-11-13(9)20-8-12(18)17-11/h5-6H,7-8H2,1-4H3,(H,16,19)(H,17,18). The Hall–Kier alpha value is -2.24. The van der Waals surface area contributed by atoms with Crippen LogP contribution in [0.5, 0.6) is 5.75 Å². The molecule has 0 atom stereocenters. The lowest BCUT2D eigenvalue weighted by molar-refractivity contribution is -0.118. The maximum atomic E-state index is 11.6. The van der Waals surface area contributed by atoms with E-state index in [1.54, 1.807) is 6.07 Å². The van der Waals surface area contributed by atoms with Crippen LogP contribution in [-0.2, 0) is 16.1 Å². The van der Waals surface area contributed by atoms with Gasteiger partial charge < -0.3 is 20.1 Å². The van der Waals surface area contributed by atoms with Gasteiger partial charge in [0.25, 0.3) is 5.91 Å². The van der Waals surface area contributed by atoms with E-state index in [0.717, 1.165) is 11.1 Å². The quantitative estimate of drug-likeness (QED) is 0.877. The second-order valence-corrected chi connectivity index (χ2v) is 5.98. The first-order valence-electron chi connectivity index (χ1n) is 6.77. The monoisotopic (exact) mass is 292 g/mol. The summed E-state index contributed by atoms with van der Waals surface area (Å²) in [5.74, 6) is 0.495. The molecule has 0 unspecified atom stereocenters. The average Bonchev–Trinajstić information content (AvgIpc) is 2.33. The zero-order chi connectivity index (χ0) is 15.6. The van der Waals surface area contributed by atoms with Gasteiger partial charge in [0.05, 0.1) is 5.69 Å². The Balaban J connectivity index is 2.05. The smallest absolute Gasteiger partial charge is 0.407 e. The largest absolute Gasteiger partial charge is 0.481 e. The molecule has 0 aliphatic carbocycles. The van der Waals surface area contributed by atoms with Crippen LogP contribution < -0.4 is 15.4 Å². The molecule has 2 N–H and O–H groups in total. The third-order valence-corrected chi connectivity index (χ3v) is 2.79. The summed E-state index contributed by atoms with van der Waals surface area (Å²) >= 11 is 0. The third kappa shape index (κ3) is 4.11.